The second kappa shape index (κ2) is 4.72. The van der Waals surface area contributed by atoms with Crippen molar-refractivity contribution in [1.82, 2.24) is 9.36 Å². The highest BCUT2D eigenvalue weighted by atomic mass is 79.9. The van der Waals surface area contributed by atoms with Gasteiger partial charge < -0.3 is 5.32 Å². The normalized spacial score (nSPS) is 10.5. The summed E-state index contributed by atoms with van der Waals surface area (Å²) in [5.74, 6) is 1.28. The number of anilines is 1. The summed E-state index contributed by atoms with van der Waals surface area (Å²) < 4.78 is 5.13. The quantitative estimate of drug-likeness (QED) is 0.906. The molecule has 1 aromatic heterocycles. The number of halogens is 1. The van der Waals surface area contributed by atoms with Crippen molar-refractivity contribution < 1.29 is 0 Å². The first-order chi connectivity index (χ1) is 6.09. The molecule has 0 aliphatic rings. The maximum Gasteiger partial charge on any atom is 0.202 e. The molecule has 0 aliphatic carbocycles. The van der Waals surface area contributed by atoms with E-state index in [1.807, 2.05) is 0 Å². The molecule has 0 unspecified atom stereocenters. The Morgan fingerprint density at radius 1 is 1.69 bits per heavy atom. The minimum atomic E-state index is 0.388. The van der Waals surface area contributed by atoms with Gasteiger partial charge in [-0.2, -0.15) is 4.37 Å². The third-order valence-corrected chi connectivity index (χ3v) is 2.36. The van der Waals surface area contributed by atoms with Crippen LogP contribution in [0.25, 0.3) is 0 Å². The SMILES string of the molecule is C=C(Br)CNc1nc(C(C)C)ns1. The van der Waals surface area contributed by atoms with Crippen LogP contribution >= 0.6 is 27.5 Å². The highest BCUT2D eigenvalue weighted by Gasteiger charge is 2.06. The Morgan fingerprint density at radius 3 is 2.85 bits per heavy atom. The van der Waals surface area contributed by atoms with Gasteiger partial charge in [0, 0.05) is 28.5 Å². The molecule has 1 rings (SSSR count). The van der Waals surface area contributed by atoms with Crippen LogP contribution in [0, 0.1) is 0 Å². The van der Waals surface area contributed by atoms with Crippen molar-refractivity contribution in [2.45, 2.75) is 19.8 Å². The van der Waals surface area contributed by atoms with Crippen molar-refractivity contribution in [2.75, 3.05) is 11.9 Å². The Balaban J connectivity index is 2.54. The molecule has 0 spiro atoms. The molecule has 0 saturated carbocycles. The van der Waals surface area contributed by atoms with E-state index in [1.54, 1.807) is 0 Å². The van der Waals surface area contributed by atoms with Gasteiger partial charge in [-0.1, -0.05) is 36.4 Å². The predicted molar refractivity (Wildman–Crippen MR) is 60.6 cm³/mol. The van der Waals surface area contributed by atoms with Crippen LogP contribution in [0.15, 0.2) is 11.1 Å². The molecular formula is C8H12BrN3S. The monoisotopic (exact) mass is 261 g/mol. The molecule has 0 radical (unpaired) electrons. The summed E-state index contributed by atoms with van der Waals surface area (Å²) in [6, 6.07) is 0. The lowest BCUT2D eigenvalue weighted by Crippen LogP contribution is -2.00. The minimum absolute atomic E-state index is 0.388. The Bertz CT molecular complexity index is 295. The summed E-state index contributed by atoms with van der Waals surface area (Å²) in [7, 11) is 0. The summed E-state index contributed by atoms with van der Waals surface area (Å²) in [4.78, 5) is 4.32. The van der Waals surface area contributed by atoms with Gasteiger partial charge in [-0.15, -0.1) is 0 Å². The van der Waals surface area contributed by atoms with Crippen LogP contribution in [0.4, 0.5) is 5.13 Å². The summed E-state index contributed by atoms with van der Waals surface area (Å²) in [5.41, 5.74) is 0. The maximum absolute atomic E-state index is 4.32. The van der Waals surface area contributed by atoms with E-state index in [2.05, 4.69) is 51.0 Å². The Morgan fingerprint density at radius 2 is 2.38 bits per heavy atom. The van der Waals surface area contributed by atoms with E-state index in [1.165, 1.54) is 11.5 Å². The van der Waals surface area contributed by atoms with E-state index in [4.69, 9.17) is 0 Å². The summed E-state index contributed by atoms with van der Waals surface area (Å²) in [6.45, 7) is 8.57. The van der Waals surface area contributed by atoms with Crippen LogP contribution in [0.2, 0.25) is 0 Å². The number of nitrogens with one attached hydrogen (secondary N) is 1. The first-order valence-corrected chi connectivity index (χ1v) is 5.57. The smallest absolute Gasteiger partial charge is 0.202 e. The fourth-order valence-corrected chi connectivity index (χ4v) is 1.56. The van der Waals surface area contributed by atoms with Crippen LogP contribution in [0.5, 0.6) is 0 Å². The number of rotatable bonds is 4. The maximum atomic E-state index is 4.32. The van der Waals surface area contributed by atoms with Gasteiger partial charge in [0.25, 0.3) is 0 Å². The highest BCUT2D eigenvalue weighted by Crippen LogP contribution is 2.17. The summed E-state index contributed by atoms with van der Waals surface area (Å²) in [6.07, 6.45) is 0. The molecule has 0 saturated heterocycles. The Labute approximate surface area is 90.6 Å². The molecule has 13 heavy (non-hydrogen) atoms. The van der Waals surface area contributed by atoms with Gasteiger partial charge in [0.05, 0.1) is 0 Å². The predicted octanol–water partition coefficient (Wildman–Crippen LogP) is 2.98. The molecule has 0 aliphatic heterocycles. The molecule has 5 heteroatoms. The molecule has 72 valence electrons. The lowest BCUT2D eigenvalue weighted by atomic mass is 10.2. The van der Waals surface area contributed by atoms with E-state index in [-0.39, 0.29) is 0 Å². The largest absolute Gasteiger partial charge is 0.356 e. The molecule has 3 nitrogen and oxygen atoms in total. The standard InChI is InChI=1S/C8H12BrN3S/c1-5(2)7-11-8(13-12-7)10-4-6(3)9/h5H,3-4H2,1-2H3,(H,10,11,12). The molecule has 0 atom stereocenters. The number of hydrogen-bond acceptors (Lipinski definition) is 4. The van der Waals surface area contributed by atoms with Crippen molar-refractivity contribution in [3.63, 3.8) is 0 Å². The van der Waals surface area contributed by atoms with Crippen molar-refractivity contribution in [1.29, 1.82) is 0 Å². The van der Waals surface area contributed by atoms with Gasteiger partial charge in [-0.3, -0.25) is 0 Å². The first kappa shape index (κ1) is 10.7. The second-order valence-electron chi connectivity index (χ2n) is 2.98. The van der Waals surface area contributed by atoms with Crippen LogP contribution in [-0.4, -0.2) is 15.9 Å². The van der Waals surface area contributed by atoms with Gasteiger partial charge in [0.2, 0.25) is 5.13 Å². The van der Waals surface area contributed by atoms with Crippen molar-refractivity contribution in [3.05, 3.63) is 16.9 Å². The van der Waals surface area contributed by atoms with Crippen molar-refractivity contribution >= 4 is 32.6 Å². The minimum Gasteiger partial charge on any atom is -0.356 e. The summed E-state index contributed by atoms with van der Waals surface area (Å²) in [5, 5.41) is 3.97. The van der Waals surface area contributed by atoms with E-state index < -0.39 is 0 Å². The van der Waals surface area contributed by atoms with Crippen molar-refractivity contribution in [3.8, 4) is 0 Å². The van der Waals surface area contributed by atoms with Crippen LogP contribution < -0.4 is 5.32 Å². The zero-order valence-corrected chi connectivity index (χ0v) is 10.1. The molecule has 0 fully saturated rings. The second-order valence-corrected chi connectivity index (χ2v) is 4.86. The average molecular weight is 262 g/mol. The highest BCUT2D eigenvalue weighted by molar-refractivity contribution is 9.11. The molecular weight excluding hydrogens is 250 g/mol. The average Bonchev–Trinajstić information content (AvgIpc) is 2.48. The van der Waals surface area contributed by atoms with E-state index in [9.17, 15) is 0 Å². The topological polar surface area (TPSA) is 37.8 Å². The lowest BCUT2D eigenvalue weighted by molar-refractivity contribution is 0.799. The first-order valence-electron chi connectivity index (χ1n) is 4.00. The van der Waals surface area contributed by atoms with Crippen LogP contribution in [-0.2, 0) is 0 Å². The molecule has 1 N–H and O–H groups in total. The van der Waals surface area contributed by atoms with Crippen LogP contribution in [0.1, 0.15) is 25.6 Å². The Hall–Kier alpha value is -0.420. The fourth-order valence-electron chi connectivity index (χ4n) is 0.713. The van der Waals surface area contributed by atoms with Gasteiger partial charge in [-0.25, -0.2) is 4.98 Å². The van der Waals surface area contributed by atoms with E-state index in [0.29, 0.717) is 12.5 Å². The molecule has 0 aromatic carbocycles. The lowest BCUT2D eigenvalue weighted by Gasteiger charge is -1.98. The van der Waals surface area contributed by atoms with Gasteiger partial charge in [0.15, 0.2) is 0 Å². The van der Waals surface area contributed by atoms with E-state index >= 15 is 0 Å². The third-order valence-electron chi connectivity index (χ3n) is 1.39. The molecule has 1 heterocycles. The number of aromatic nitrogens is 2. The van der Waals surface area contributed by atoms with Crippen molar-refractivity contribution in [2.24, 2.45) is 0 Å². The summed E-state index contributed by atoms with van der Waals surface area (Å²) >= 11 is 4.65. The molecule has 0 bridgehead atoms. The zero-order chi connectivity index (χ0) is 9.84. The number of nitrogens with zero attached hydrogens (tertiary/aromatic N) is 2. The molecule has 1 aromatic rings. The number of hydrogen-bond donors (Lipinski definition) is 1. The van der Waals surface area contributed by atoms with E-state index in [0.717, 1.165) is 15.4 Å². The third kappa shape index (κ3) is 3.44. The molecule has 0 amide bonds. The van der Waals surface area contributed by atoms with Gasteiger partial charge in [0.1, 0.15) is 5.82 Å². The zero-order valence-electron chi connectivity index (χ0n) is 7.67. The fraction of sp³-hybridized carbons (Fsp3) is 0.500. The van der Waals surface area contributed by atoms with Crippen LogP contribution in [0.3, 0.4) is 0 Å². The van der Waals surface area contributed by atoms with Gasteiger partial charge >= 0.3 is 0 Å². The Kier molecular flexibility index (Phi) is 3.87. The van der Waals surface area contributed by atoms with Gasteiger partial charge in [-0.05, 0) is 0 Å².